The van der Waals surface area contributed by atoms with Crippen molar-refractivity contribution in [3.8, 4) is 5.82 Å². The number of aryl methyl sites for hydroxylation is 2. The Morgan fingerprint density at radius 1 is 1.20 bits per heavy atom. The van der Waals surface area contributed by atoms with E-state index in [4.69, 9.17) is 0 Å². The highest BCUT2D eigenvalue weighted by molar-refractivity contribution is 5.95. The van der Waals surface area contributed by atoms with Crippen molar-refractivity contribution in [2.75, 3.05) is 0 Å². The molecule has 3 heterocycles. The van der Waals surface area contributed by atoms with Crippen LogP contribution in [-0.4, -0.2) is 36.1 Å². The maximum atomic E-state index is 12.1. The van der Waals surface area contributed by atoms with Crippen LogP contribution in [0, 0.1) is 13.8 Å². The average molecular weight is 339 g/mol. The van der Waals surface area contributed by atoms with Crippen molar-refractivity contribution in [1.82, 2.24) is 35.2 Å². The van der Waals surface area contributed by atoms with Crippen molar-refractivity contribution in [2.45, 2.75) is 20.4 Å². The summed E-state index contributed by atoms with van der Waals surface area (Å²) < 4.78 is 3.29. The van der Waals surface area contributed by atoms with E-state index in [1.165, 1.54) is 6.20 Å². The van der Waals surface area contributed by atoms with Crippen LogP contribution in [0.5, 0.6) is 0 Å². The summed E-state index contributed by atoms with van der Waals surface area (Å²) in [5.41, 5.74) is 6.76. The van der Waals surface area contributed by atoms with Gasteiger partial charge in [-0.15, -0.1) is 0 Å². The van der Waals surface area contributed by atoms with Crippen LogP contribution < -0.4 is 10.9 Å². The summed E-state index contributed by atoms with van der Waals surface area (Å²) in [5, 5.41) is 4.20. The van der Waals surface area contributed by atoms with Crippen LogP contribution >= 0.6 is 0 Å². The lowest BCUT2D eigenvalue weighted by Crippen LogP contribution is -2.43. The summed E-state index contributed by atoms with van der Waals surface area (Å²) in [5.74, 6) is -0.184. The van der Waals surface area contributed by atoms with E-state index >= 15 is 0 Å². The molecule has 9 nitrogen and oxygen atoms in total. The minimum Gasteiger partial charge on any atom is -0.291 e. The van der Waals surface area contributed by atoms with E-state index in [0.717, 1.165) is 11.4 Å². The predicted molar refractivity (Wildman–Crippen MR) is 88.7 cm³/mol. The molecule has 0 bridgehead atoms. The Kier molecular flexibility index (Phi) is 4.55. The van der Waals surface area contributed by atoms with E-state index in [9.17, 15) is 9.59 Å². The zero-order valence-electron chi connectivity index (χ0n) is 13.8. The fraction of sp³-hybridized carbons (Fsp3) is 0.188. The van der Waals surface area contributed by atoms with Crippen molar-refractivity contribution in [3.05, 3.63) is 60.1 Å². The van der Waals surface area contributed by atoms with Crippen LogP contribution in [0.1, 0.15) is 21.7 Å². The normalized spacial score (nSPS) is 10.5. The van der Waals surface area contributed by atoms with E-state index in [1.54, 1.807) is 40.1 Å². The number of aromatic nitrogens is 5. The van der Waals surface area contributed by atoms with Gasteiger partial charge < -0.3 is 0 Å². The van der Waals surface area contributed by atoms with E-state index in [0.29, 0.717) is 11.4 Å². The Morgan fingerprint density at radius 3 is 2.64 bits per heavy atom. The number of carbonyl (C=O) groups is 2. The van der Waals surface area contributed by atoms with Crippen molar-refractivity contribution < 1.29 is 9.59 Å². The molecule has 0 atom stereocenters. The van der Waals surface area contributed by atoms with Crippen molar-refractivity contribution in [3.63, 3.8) is 0 Å². The van der Waals surface area contributed by atoms with Gasteiger partial charge in [-0.05, 0) is 32.0 Å². The molecule has 0 aliphatic rings. The van der Waals surface area contributed by atoms with Crippen LogP contribution in [-0.2, 0) is 11.3 Å². The molecule has 25 heavy (non-hydrogen) atoms. The van der Waals surface area contributed by atoms with E-state index in [2.05, 4.69) is 25.9 Å². The van der Waals surface area contributed by atoms with Crippen molar-refractivity contribution in [1.29, 1.82) is 0 Å². The molecule has 2 amide bonds. The average Bonchev–Trinajstić information content (AvgIpc) is 3.23. The minimum absolute atomic E-state index is 0.0256. The van der Waals surface area contributed by atoms with Gasteiger partial charge in [-0.1, -0.05) is 0 Å². The quantitative estimate of drug-likeness (QED) is 0.675. The fourth-order valence-electron chi connectivity index (χ4n) is 2.28. The third-order valence-electron chi connectivity index (χ3n) is 3.49. The number of hydrogen-bond donors (Lipinski definition) is 2. The first-order chi connectivity index (χ1) is 12.0. The predicted octanol–water partition coefficient (Wildman–Crippen LogP) is 0.542. The van der Waals surface area contributed by atoms with Crippen LogP contribution in [0.15, 0.2) is 43.1 Å². The molecule has 0 unspecified atom stereocenters. The van der Waals surface area contributed by atoms with Crippen LogP contribution in [0.2, 0.25) is 0 Å². The van der Waals surface area contributed by atoms with E-state index in [1.807, 2.05) is 19.9 Å². The lowest BCUT2D eigenvalue weighted by atomic mass is 10.3. The Hall–Kier alpha value is -3.49. The topological polar surface area (TPSA) is 107 Å². The van der Waals surface area contributed by atoms with Crippen LogP contribution in [0.4, 0.5) is 0 Å². The van der Waals surface area contributed by atoms with Gasteiger partial charge in [-0.25, -0.2) is 9.97 Å². The molecule has 128 valence electrons. The number of hydrazine groups is 1. The maximum absolute atomic E-state index is 12.1. The highest BCUT2D eigenvalue weighted by Crippen LogP contribution is 2.05. The first kappa shape index (κ1) is 16.4. The molecule has 0 fully saturated rings. The summed E-state index contributed by atoms with van der Waals surface area (Å²) in [4.78, 5) is 32.1. The molecule has 0 saturated heterocycles. The van der Waals surface area contributed by atoms with Gasteiger partial charge in [0.05, 0.1) is 11.3 Å². The number of carbonyl (C=O) groups excluding carboxylic acids is 2. The molecular weight excluding hydrogens is 322 g/mol. The van der Waals surface area contributed by atoms with E-state index in [-0.39, 0.29) is 12.5 Å². The second-order valence-corrected chi connectivity index (χ2v) is 5.46. The summed E-state index contributed by atoms with van der Waals surface area (Å²) in [6.45, 7) is 3.74. The molecule has 3 rings (SSSR count). The van der Waals surface area contributed by atoms with Crippen LogP contribution in [0.25, 0.3) is 5.82 Å². The number of hydrogen-bond acceptors (Lipinski definition) is 5. The summed E-state index contributed by atoms with van der Waals surface area (Å²) in [7, 11) is 0. The number of nitrogens with one attached hydrogen (secondary N) is 2. The fourth-order valence-corrected chi connectivity index (χ4v) is 2.28. The van der Waals surface area contributed by atoms with Gasteiger partial charge in [0, 0.05) is 24.3 Å². The number of amides is 2. The largest absolute Gasteiger partial charge is 0.291 e. The summed E-state index contributed by atoms with van der Waals surface area (Å²) in [6, 6.07) is 5.18. The smallest absolute Gasteiger partial charge is 0.271 e. The Morgan fingerprint density at radius 2 is 2.04 bits per heavy atom. The highest BCUT2D eigenvalue weighted by Gasteiger charge is 2.10. The number of pyridine rings is 1. The van der Waals surface area contributed by atoms with Gasteiger partial charge in [-0.2, -0.15) is 5.10 Å². The standard InChI is InChI=1S/C16H17N7O2/c1-11-7-12(2)23(21-11)9-15(24)19-20-16(25)13-3-4-14(18-8-13)22-6-5-17-10-22/h3-8,10H,9H2,1-2H3,(H,19,24)(H,20,25). The molecule has 2 N–H and O–H groups in total. The SMILES string of the molecule is Cc1cc(C)n(CC(=O)NNC(=O)c2ccc(-n3ccnc3)nc2)n1. The number of rotatable bonds is 4. The molecule has 0 aliphatic heterocycles. The third-order valence-corrected chi connectivity index (χ3v) is 3.49. The van der Waals surface area contributed by atoms with Gasteiger partial charge in [0.2, 0.25) is 0 Å². The third kappa shape index (κ3) is 3.89. The molecule has 0 radical (unpaired) electrons. The second kappa shape index (κ2) is 6.95. The van der Waals surface area contributed by atoms with Gasteiger partial charge in [0.15, 0.2) is 0 Å². The van der Waals surface area contributed by atoms with Crippen molar-refractivity contribution in [2.24, 2.45) is 0 Å². The van der Waals surface area contributed by atoms with Gasteiger partial charge in [0.25, 0.3) is 11.8 Å². The zero-order chi connectivity index (χ0) is 17.8. The van der Waals surface area contributed by atoms with Crippen molar-refractivity contribution >= 4 is 11.8 Å². The zero-order valence-corrected chi connectivity index (χ0v) is 13.8. The first-order valence-corrected chi connectivity index (χ1v) is 7.57. The Labute approximate surface area is 143 Å². The molecule has 9 heteroatoms. The lowest BCUT2D eigenvalue weighted by molar-refractivity contribution is -0.122. The summed E-state index contributed by atoms with van der Waals surface area (Å²) in [6.07, 6.45) is 6.43. The van der Waals surface area contributed by atoms with Gasteiger partial charge in [0.1, 0.15) is 18.7 Å². The number of nitrogens with zero attached hydrogens (tertiary/aromatic N) is 5. The van der Waals surface area contributed by atoms with E-state index < -0.39 is 5.91 Å². The number of imidazole rings is 1. The minimum atomic E-state index is -0.452. The maximum Gasteiger partial charge on any atom is 0.271 e. The Balaban J connectivity index is 1.55. The summed E-state index contributed by atoms with van der Waals surface area (Å²) >= 11 is 0. The molecule has 0 saturated carbocycles. The molecule has 3 aromatic heterocycles. The molecular formula is C16H17N7O2. The molecule has 3 aromatic rings. The monoisotopic (exact) mass is 339 g/mol. The first-order valence-electron chi connectivity index (χ1n) is 7.57. The lowest BCUT2D eigenvalue weighted by Gasteiger charge is -2.09. The van der Waals surface area contributed by atoms with Crippen LogP contribution in [0.3, 0.4) is 0 Å². The van der Waals surface area contributed by atoms with Gasteiger partial charge in [-0.3, -0.25) is 29.7 Å². The molecule has 0 spiro atoms. The second-order valence-electron chi connectivity index (χ2n) is 5.46. The molecule has 0 aromatic carbocycles. The molecule has 0 aliphatic carbocycles. The van der Waals surface area contributed by atoms with Gasteiger partial charge >= 0.3 is 0 Å². The Bertz CT molecular complexity index is 882. The highest BCUT2D eigenvalue weighted by atomic mass is 16.2.